The van der Waals surface area contributed by atoms with Crippen molar-refractivity contribution in [1.29, 1.82) is 0 Å². The van der Waals surface area contributed by atoms with Crippen molar-refractivity contribution in [3.63, 3.8) is 0 Å². The SMILES string of the molecule is Cc1nn(C)nc1C1=NCCC1. The molecule has 2 heterocycles. The number of hydrogen-bond donors (Lipinski definition) is 0. The molecule has 0 radical (unpaired) electrons. The minimum absolute atomic E-state index is 0.950. The second kappa shape index (κ2) is 2.69. The first-order valence-corrected chi connectivity index (χ1v) is 4.19. The van der Waals surface area contributed by atoms with E-state index >= 15 is 0 Å². The fourth-order valence-electron chi connectivity index (χ4n) is 1.50. The number of nitrogens with zero attached hydrogens (tertiary/aromatic N) is 4. The van der Waals surface area contributed by atoms with Crippen LogP contribution < -0.4 is 0 Å². The van der Waals surface area contributed by atoms with Crippen molar-refractivity contribution in [2.45, 2.75) is 19.8 Å². The van der Waals surface area contributed by atoms with Crippen molar-refractivity contribution < 1.29 is 0 Å². The summed E-state index contributed by atoms with van der Waals surface area (Å²) in [5.41, 5.74) is 3.09. The summed E-state index contributed by atoms with van der Waals surface area (Å²) in [7, 11) is 1.84. The molecule has 0 fully saturated rings. The summed E-state index contributed by atoms with van der Waals surface area (Å²) in [6, 6.07) is 0. The molecular formula is C8H12N4. The van der Waals surface area contributed by atoms with Crippen molar-refractivity contribution in [2.24, 2.45) is 12.0 Å². The summed E-state index contributed by atoms with van der Waals surface area (Å²) < 4.78 is 0. The Morgan fingerprint density at radius 3 is 2.67 bits per heavy atom. The summed E-state index contributed by atoms with van der Waals surface area (Å²) in [6.07, 6.45) is 2.21. The van der Waals surface area contributed by atoms with E-state index in [0.717, 1.165) is 36.5 Å². The van der Waals surface area contributed by atoms with Crippen LogP contribution in [0.4, 0.5) is 0 Å². The standard InChI is InChI=1S/C8H12N4/c1-6-8(11-12(2)10-6)7-4-3-5-9-7/h3-5H2,1-2H3. The number of rotatable bonds is 1. The van der Waals surface area contributed by atoms with E-state index in [4.69, 9.17) is 0 Å². The van der Waals surface area contributed by atoms with Crippen LogP contribution in [-0.2, 0) is 7.05 Å². The molecule has 0 bridgehead atoms. The molecule has 0 aromatic carbocycles. The molecule has 0 aliphatic carbocycles. The lowest BCUT2D eigenvalue weighted by Crippen LogP contribution is -2.00. The highest BCUT2D eigenvalue weighted by Crippen LogP contribution is 2.12. The maximum atomic E-state index is 4.38. The smallest absolute Gasteiger partial charge is 0.129 e. The fraction of sp³-hybridized carbons (Fsp3) is 0.625. The third-order valence-electron chi connectivity index (χ3n) is 2.03. The monoisotopic (exact) mass is 164 g/mol. The van der Waals surface area contributed by atoms with Gasteiger partial charge in [0.25, 0.3) is 0 Å². The number of aliphatic imine (C=N–C) groups is 1. The third-order valence-corrected chi connectivity index (χ3v) is 2.03. The van der Waals surface area contributed by atoms with E-state index in [1.54, 1.807) is 4.80 Å². The lowest BCUT2D eigenvalue weighted by Gasteiger charge is -1.92. The molecule has 1 aromatic rings. The molecule has 0 atom stereocenters. The molecule has 0 spiro atoms. The highest BCUT2D eigenvalue weighted by molar-refractivity contribution is 6.00. The maximum absolute atomic E-state index is 4.38. The van der Waals surface area contributed by atoms with Gasteiger partial charge in [-0.2, -0.15) is 15.0 Å². The van der Waals surface area contributed by atoms with Crippen LogP contribution in [0.15, 0.2) is 4.99 Å². The van der Waals surface area contributed by atoms with Gasteiger partial charge in [0.15, 0.2) is 0 Å². The summed E-state index contributed by atoms with van der Waals surface area (Å²) in [4.78, 5) is 5.98. The Bertz CT molecular complexity index is 324. The predicted octanol–water partition coefficient (Wildman–Crippen LogP) is 0.706. The molecule has 2 rings (SSSR count). The molecule has 0 N–H and O–H groups in total. The summed E-state index contributed by atoms with van der Waals surface area (Å²) in [5, 5.41) is 8.45. The van der Waals surface area contributed by atoms with Gasteiger partial charge in [0, 0.05) is 13.6 Å². The van der Waals surface area contributed by atoms with E-state index < -0.39 is 0 Å². The zero-order chi connectivity index (χ0) is 8.55. The highest BCUT2D eigenvalue weighted by atomic mass is 15.5. The Morgan fingerprint density at radius 1 is 1.33 bits per heavy atom. The van der Waals surface area contributed by atoms with Crippen molar-refractivity contribution >= 4 is 5.71 Å². The molecule has 0 saturated carbocycles. The minimum Gasteiger partial charge on any atom is -0.287 e. The van der Waals surface area contributed by atoms with E-state index in [9.17, 15) is 0 Å². The fourth-order valence-corrected chi connectivity index (χ4v) is 1.50. The van der Waals surface area contributed by atoms with Crippen LogP contribution in [0.2, 0.25) is 0 Å². The van der Waals surface area contributed by atoms with Crippen molar-refractivity contribution in [3.8, 4) is 0 Å². The topological polar surface area (TPSA) is 43.1 Å². The van der Waals surface area contributed by atoms with Gasteiger partial charge in [0.1, 0.15) is 5.69 Å². The van der Waals surface area contributed by atoms with Crippen molar-refractivity contribution in [1.82, 2.24) is 15.0 Å². The molecule has 4 nitrogen and oxygen atoms in total. The summed E-state index contributed by atoms with van der Waals surface area (Å²) in [6.45, 7) is 2.93. The average Bonchev–Trinajstić information content (AvgIpc) is 2.58. The second-order valence-corrected chi connectivity index (χ2v) is 3.06. The van der Waals surface area contributed by atoms with Crippen LogP contribution in [-0.4, -0.2) is 27.3 Å². The van der Waals surface area contributed by atoms with Gasteiger partial charge in [-0.15, -0.1) is 0 Å². The van der Waals surface area contributed by atoms with Crippen molar-refractivity contribution in [2.75, 3.05) is 6.54 Å². The number of hydrogen-bond acceptors (Lipinski definition) is 3. The Hall–Kier alpha value is -1.19. The van der Waals surface area contributed by atoms with E-state index in [2.05, 4.69) is 15.2 Å². The van der Waals surface area contributed by atoms with Crippen molar-refractivity contribution in [3.05, 3.63) is 11.4 Å². The molecule has 1 aliphatic rings. The van der Waals surface area contributed by atoms with Gasteiger partial charge in [0.05, 0.1) is 11.4 Å². The molecule has 4 heteroatoms. The summed E-state index contributed by atoms with van der Waals surface area (Å²) in [5.74, 6) is 0. The Balaban J connectivity index is 2.38. The van der Waals surface area contributed by atoms with Gasteiger partial charge in [-0.1, -0.05) is 0 Å². The van der Waals surface area contributed by atoms with Gasteiger partial charge in [-0.25, -0.2) is 0 Å². The van der Waals surface area contributed by atoms with Crippen LogP contribution in [0, 0.1) is 6.92 Å². The van der Waals surface area contributed by atoms with E-state index in [0.29, 0.717) is 0 Å². The Kier molecular flexibility index (Phi) is 1.67. The molecule has 0 amide bonds. The molecule has 12 heavy (non-hydrogen) atoms. The first-order chi connectivity index (χ1) is 5.77. The molecule has 0 unspecified atom stereocenters. The number of aromatic nitrogens is 3. The first-order valence-electron chi connectivity index (χ1n) is 4.19. The Morgan fingerprint density at radius 2 is 2.17 bits per heavy atom. The summed E-state index contributed by atoms with van der Waals surface area (Å²) >= 11 is 0. The maximum Gasteiger partial charge on any atom is 0.129 e. The molecule has 64 valence electrons. The second-order valence-electron chi connectivity index (χ2n) is 3.06. The van der Waals surface area contributed by atoms with Crippen LogP contribution in [0.1, 0.15) is 24.2 Å². The van der Waals surface area contributed by atoms with E-state index in [1.165, 1.54) is 0 Å². The Labute approximate surface area is 71.3 Å². The molecule has 1 aliphatic heterocycles. The molecule has 1 aromatic heterocycles. The molecule has 0 saturated heterocycles. The van der Waals surface area contributed by atoms with Crippen LogP contribution in [0.25, 0.3) is 0 Å². The van der Waals surface area contributed by atoms with Crippen LogP contribution in [0.5, 0.6) is 0 Å². The van der Waals surface area contributed by atoms with Gasteiger partial charge in [0.2, 0.25) is 0 Å². The minimum atomic E-state index is 0.950. The normalized spacial score (nSPS) is 16.7. The average molecular weight is 164 g/mol. The largest absolute Gasteiger partial charge is 0.287 e. The van der Waals surface area contributed by atoms with Gasteiger partial charge >= 0.3 is 0 Å². The first kappa shape index (κ1) is 7.46. The highest BCUT2D eigenvalue weighted by Gasteiger charge is 2.15. The third kappa shape index (κ3) is 1.13. The predicted molar refractivity (Wildman–Crippen MR) is 46.4 cm³/mol. The number of aryl methyl sites for hydroxylation is 2. The van der Waals surface area contributed by atoms with Crippen LogP contribution >= 0.6 is 0 Å². The van der Waals surface area contributed by atoms with Gasteiger partial charge in [-0.05, 0) is 19.8 Å². The van der Waals surface area contributed by atoms with Gasteiger partial charge in [-0.3, -0.25) is 4.99 Å². The zero-order valence-electron chi connectivity index (χ0n) is 7.41. The van der Waals surface area contributed by atoms with Gasteiger partial charge < -0.3 is 0 Å². The van der Waals surface area contributed by atoms with E-state index in [1.807, 2.05) is 14.0 Å². The molecular weight excluding hydrogens is 152 g/mol. The quantitative estimate of drug-likeness (QED) is 0.613. The lowest BCUT2D eigenvalue weighted by atomic mass is 10.2. The lowest BCUT2D eigenvalue weighted by molar-refractivity contribution is 0.648. The zero-order valence-corrected chi connectivity index (χ0v) is 7.41. The van der Waals surface area contributed by atoms with Crippen LogP contribution in [0.3, 0.4) is 0 Å². The van der Waals surface area contributed by atoms with E-state index in [-0.39, 0.29) is 0 Å².